The van der Waals surface area contributed by atoms with Crippen molar-refractivity contribution in [1.82, 2.24) is 4.90 Å². The Bertz CT molecular complexity index is 261. The Balaban J connectivity index is 2.54. The number of likely N-dealkylation sites (tertiary alicyclic amines) is 1. The molecule has 0 aromatic heterocycles. The molecule has 3 heteroatoms. The van der Waals surface area contributed by atoms with E-state index in [1.54, 1.807) is 0 Å². The van der Waals surface area contributed by atoms with E-state index in [9.17, 15) is 4.79 Å². The van der Waals surface area contributed by atoms with Crippen LogP contribution >= 0.6 is 0 Å². The number of hydrogen-bond acceptors (Lipinski definition) is 2. The summed E-state index contributed by atoms with van der Waals surface area (Å²) in [4.78, 5) is 13.3. The van der Waals surface area contributed by atoms with E-state index in [1.165, 1.54) is 25.7 Å². The fourth-order valence-corrected chi connectivity index (χ4v) is 2.22. The van der Waals surface area contributed by atoms with Crippen molar-refractivity contribution in [3.05, 3.63) is 11.6 Å². The molecule has 0 aromatic carbocycles. The van der Waals surface area contributed by atoms with Crippen molar-refractivity contribution >= 4 is 5.97 Å². The van der Waals surface area contributed by atoms with Gasteiger partial charge >= 0.3 is 5.97 Å². The standard InChI is InChI=1S/C13H23NO2/c1-3-12(13(15)16)8-10-14-9-6-4-5-7-11(14)2/h8,11H,3-7,9-10H2,1-2H3,(H,15,16). The highest BCUT2D eigenvalue weighted by atomic mass is 16.4. The van der Waals surface area contributed by atoms with Crippen molar-refractivity contribution in [2.45, 2.75) is 52.0 Å². The van der Waals surface area contributed by atoms with Crippen LogP contribution in [0.15, 0.2) is 11.6 Å². The summed E-state index contributed by atoms with van der Waals surface area (Å²) in [5, 5.41) is 8.94. The summed E-state index contributed by atoms with van der Waals surface area (Å²) in [6, 6.07) is 0.589. The van der Waals surface area contributed by atoms with E-state index < -0.39 is 5.97 Å². The van der Waals surface area contributed by atoms with Crippen molar-refractivity contribution in [1.29, 1.82) is 0 Å². The van der Waals surface area contributed by atoms with E-state index in [0.717, 1.165) is 13.1 Å². The summed E-state index contributed by atoms with van der Waals surface area (Å²) in [6.07, 6.45) is 7.59. The molecule has 0 aromatic rings. The van der Waals surface area contributed by atoms with Crippen molar-refractivity contribution in [3.8, 4) is 0 Å². The van der Waals surface area contributed by atoms with E-state index in [4.69, 9.17) is 5.11 Å². The summed E-state index contributed by atoms with van der Waals surface area (Å²) in [5.41, 5.74) is 0.538. The topological polar surface area (TPSA) is 40.5 Å². The summed E-state index contributed by atoms with van der Waals surface area (Å²) in [5.74, 6) is -0.773. The van der Waals surface area contributed by atoms with Crippen LogP contribution < -0.4 is 0 Å². The molecule has 1 saturated heterocycles. The van der Waals surface area contributed by atoms with Crippen LogP contribution in [0.25, 0.3) is 0 Å². The van der Waals surface area contributed by atoms with Gasteiger partial charge in [0.15, 0.2) is 0 Å². The molecule has 0 bridgehead atoms. The number of rotatable bonds is 4. The van der Waals surface area contributed by atoms with Gasteiger partial charge in [0.2, 0.25) is 0 Å². The molecule has 1 fully saturated rings. The molecule has 3 nitrogen and oxygen atoms in total. The molecule has 16 heavy (non-hydrogen) atoms. The molecular formula is C13H23NO2. The quantitative estimate of drug-likeness (QED) is 0.748. The highest BCUT2D eigenvalue weighted by Crippen LogP contribution is 2.16. The van der Waals surface area contributed by atoms with Gasteiger partial charge in [-0.2, -0.15) is 0 Å². The normalized spacial score (nSPS) is 24.1. The first kappa shape index (κ1) is 13.2. The second-order valence-electron chi connectivity index (χ2n) is 4.58. The molecular weight excluding hydrogens is 202 g/mol. The lowest BCUT2D eigenvalue weighted by atomic mass is 10.1. The smallest absolute Gasteiger partial charge is 0.331 e. The average molecular weight is 225 g/mol. The Morgan fingerprint density at radius 1 is 1.44 bits per heavy atom. The Kier molecular flexibility index (Phi) is 5.53. The molecule has 1 aliphatic rings. The van der Waals surface area contributed by atoms with Crippen LogP contribution in [0.3, 0.4) is 0 Å². The molecule has 1 unspecified atom stereocenters. The van der Waals surface area contributed by atoms with E-state index in [-0.39, 0.29) is 0 Å². The van der Waals surface area contributed by atoms with Gasteiger partial charge in [-0.3, -0.25) is 4.90 Å². The summed E-state index contributed by atoms with van der Waals surface area (Å²) in [7, 11) is 0. The van der Waals surface area contributed by atoms with E-state index in [1.807, 2.05) is 13.0 Å². The van der Waals surface area contributed by atoms with Gasteiger partial charge in [-0.15, -0.1) is 0 Å². The molecule has 1 N–H and O–H groups in total. The maximum absolute atomic E-state index is 10.9. The number of carbonyl (C=O) groups is 1. The maximum Gasteiger partial charge on any atom is 0.331 e. The first-order valence-electron chi connectivity index (χ1n) is 6.31. The van der Waals surface area contributed by atoms with Crippen LogP contribution in [0.2, 0.25) is 0 Å². The number of hydrogen-bond donors (Lipinski definition) is 1. The molecule has 92 valence electrons. The van der Waals surface area contributed by atoms with Gasteiger partial charge in [-0.1, -0.05) is 25.8 Å². The number of carboxylic acids is 1. The van der Waals surface area contributed by atoms with Crippen LogP contribution in [0.4, 0.5) is 0 Å². The van der Waals surface area contributed by atoms with Crippen LogP contribution in [0, 0.1) is 0 Å². The third-order valence-electron chi connectivity index (χ3n) is 3.42. The highest BCUT2D eigenvalue weighted by molar-refractivity contribution is 5.86. The number of nitrogens with zero attached hydrogens (tertiary/aromatic N) is 1. The summed E-state index contributed by atoms with van der Waals surface area (Å²) in [6.45, 7) is 6.03. The van der Waals surface area contributed by atoms with Gasteiger partial charge in [0.25, 0.3) is 0 Å². The fourth-order valence-electron chi connectivity index (χ4n) is 2.22. The Hall–Kier alpha value is -0.830. The van der Waals surface area contributed by atoms with Gasteiger partial charge in [-0.25, -0.2) is 4.79 Å². The molecule has 1 heterocycles. The Morgan fingerprint density at radius 3 is 2.81 bits per heavy atom. The molecule has 1 atom stereocenters. The zero-order valence-electron chi connectivity index (χ0n) is 10.4. The number of aliphatic carboxylic acids is 1. The second-order valence-corrected chi connectivity index (χ2v) is 4.58. The Labute approximate surface area is 98.1 Å². The minimum absolute atomic E-state index is 0.538. The Morgan fingerprint density at radius 2 is 2.19 bits per heavy atom. The predicted octanol–water partition coefficient (Wildman–Crippen LogP) is 2.67. The lowest BCUT2D eigenvalue weighted by Crippen LogP contribution is -2.32. The van der Waals surface area contributed by atoms with Gasteiger partial charge in [0.05, 0.1) is 0 Å². The van der Waals surface area contributed by atoms with E-state index in [2.05, 4.69) is 11.8 Å². The third-order valence-corrected chi connectivity index (χ3v) is 3.42. The second kappa shape index (κ2) is 6.69. The van der Waals surface area contributed by atoms with Crippen LogP contribution in [0.1, 0.15) is 46.0 Å². The van der Waals surface area contributed by atoms with Crippen LogP contribution in [-0.2, 0) is 4.79 Å². The molecule has 0 spiro atoms. The number of carboxylic acid groups (broad SMARTS) is 1. The van der Waals surface area contributed by atoms with E-state index >= 15 is 0 Å². The van der Waals surface area contributed by atoms with Gasteiger partial charge in [-0.05, 0) is 32.7 Å². The SMILES string of the molecule is CCC(=CCN1CCCCCC1C)C(=O)O. The molecule has 1 rings (SSSR count). The lowest BCUT2D eigenvalue weighted by molar-refractivity contribution is -0.132. The highest BCUT2D eigenvalue weighted by Gasteiger charge is 2.16. The first-order chi connectivity index (χ1) is 7.65. The van der Waals surface area contributed by atoms with Crippen molar-refractivity contribution in [3.63, 3.8) is 0 Å². The van der Waals surface area contributed by atoms with Crippen LogP contribution in [-0.4, -0.2) is 35.1 Å². The van der Waals surface area contributed by atoms with Crippen molar-refractivity contribution < 1.29 is 9.90 Å². The largest absolute Gasteiger partial charge is 0.478 e. The molecule has 0 saturated carbocycles. The minimum Gasteiger partial charge on any atom is -0.478 e. The van der Waals surface area contributed by atoms with Crippen molar-refractivity contribution in [2.24, 2.45) is 0 Å². The minimum atomic E-state index is -0.773. The fraction of sp³-hybridized carbons (Fsp3) is 0.769. The monoisotopic (exact) mass is 225 g/mol. The lowest BCUT2D eigenvalue weighted by Gasteiger charge is -2.25. The van der Waals surface area contributed by atoms with Gasteiger partial charge in [0.1, 0.15) is 0 Å². The maximum atomic E-state index is 10.9. The predicted molar refractivity (Wildman–Crippen MR) is 65.5 cm³/mol. The van der Waals surface area contributed by atoms with Gasteiger partial charge < -0.3 is 5.11 Å². The molecule has 0 amide bonds. The zero-order chi connectivity index (χ0) is 12.0. The van der Waals surface area contributed by atoms with E-state index in [0.29, 0.717) is 18.0 Å². The van der Waals surface area contributed by atoms with Crippen LogP contribution in [0.5, 0.6) is 0 Å². The van der Waals surface area contributed by atoms with Crippen molar-refractivity contribution in [2.75, 3.05) is 13.1 Å². The molecule has 1 aliphatic heterocycles. The molecule has 0 aliphatic carbocycles. The summed E-state index contributed by atoms with van der Waals surface area (Å²) < 4.78 is 0. The first-order valence-corrected chi connectivity index (χ1v) is 6.31. The summed E-state index contributed by atoms with van der Waals surface area (Å²) >= 11 is 0. The molecule has 0 radical (unpaired) electrons. The third kappa shape index (κ3) is 3.97. The zero-order valence-corrected chi connectivity index (χ0v) is 10.4. The van der Waals surface area contributed by atoms with Gasteiger partial charge in [0, 0.05) is 18.2 Å². The average Bonchev–Trinajstić information content (AvgIpc) is 2.44.